The molecule has 0 aromatic rings. The Morgan fingerprint density at radius 1 is 1.27 bits per heavy atom. The Kier molecular flexibility index (Phi) is 3.16. The number of hydrogen-bond donors (Lipinski definition) is 0. The van der Waals surface area contributed by atoms with E-state index in [1.54, 1.807) is 0 Å². The van der Waals surface area contributed by atoms with Crippen LogP contribution in [0.25, 0.3) is 0 Å². The summed E-state index contributed by atoms with van der Waals surface area (Å²) in [6, 6.07) is 0. The lowest BCUT2D eigenvalue weighted by Gasteiger charge is -2.23. The lowest BCUT2D eigenvalue weighted by molar-refractivity contribution is -0.0236. The van der Waals surface area contributed by atoms with Crippen LogP contribution in [-0.4, -0.2) is 33.7 Å². The molecular formula is C6H11O7PS. The Labute approximate surface area is 87.4 Å². The van der Waals surface area contributed by atoms with Gasteiger partial charge in [-0.05, 0) is 6.42 Å². The van der Waals surface area contributed by atoms with E-state index in [2.05, 4.69) is 4.18 Å². The van der Waals surface area contributed by atoms with Crippen molar-refractivity contribution in [3.05, 3.63) is 0 Å². The van der Waals surface area contributed by atoms with Crippen LogP contribution >= 0.6 is 7.82 Å². The molecule has 9 heteroatoms. The highest BCUT2D eigenvalue weighted by Gasteiger charge is 2.38. The second-order valence-corrected chi connectivity index (χ2v) is 6.49. The fraction of sp³-hybridized carbons (Fsp3) is 1.00. The van der Waals surface area contributed by atoms with E-state index in [1.807, 2.05) is 0 Å². The van der Waals surface area contributed by atoms with Crippen molar-refractivity contribution in [1.82, 2.24) is 0 Å². The second kappa shape index (κ2) is 4.12. The van der Waals surface area contributed by atoms with Crippen LogP contribution < -0.4 is 0 Å². The van der Waals surface area contributed by atoms with Crippen LogP contribution in [0.1, 0.15) is 12.8 Å². The second-order valence-electron chi connectivity index (χ2n) is 3.15. The third-order valence-corrected chi connectivity index (χ3v) is 4.70. The summed E-state index contributed by atoms with van der Waals surface area (Å²) < 4.78 is 52.7. The minimum absolute atomic E-state index is 0.0428. The summed E-state index contributed by atoms with van der Waals surface area (Å²) >= 11 is 0. The molecule has 1 atom stereocenters. The van der Waals surface area contributed by atoms with Gasteiger partial charge in [0.25, 0.3) is 10.1 Å². The molecule has 2 rings (SSSR count). The molecular weight excluding hydrogens is 247 g/mol. The highest BCUT2D eigenvalue weighted by atomic mass is 32.2. The first-order valence-corrected chi connectivity index (χ1v) is 7.51. The van der Waals surface area contributed by atoms with E-state index >= 15 is 0 Å². The maximum Gasteiger partial charge on any atom is 0.477 e. The maximum absolute atomic E-state index is 11.6. The molecule has 0 spiro atoms. The van der Waals surface area contributed by atoms with Gasteiger partial charge in [0.15, 0.2) is 6.29 Å². The first kappa shape index (κ1) is 11.5. The fourth-order valence-electron chi connectivity index (χ4n) is 1.30. The van der Waals surface area contributed by atoms with Gasteiger partial charge in [0, 0.05) is 6.42 Å². The third-order valence-electron chi connectivity index (χ3n) is 1.92. The van der Waals surface area contributed by atoms with Crippen molar-refractivity contribution in [3.8, 4) is 0 Å². The van der Waals surface area contributed by atoms with E-state index in [1.165, 1.54) is 0 Å². The van der Waals surface area contributed by atoms with Crippen molar-refractivity contribution in [2.45, 2.75) is 19.1 Å². The molecule has 0 saturated carbocycles. The summed E-state index contributed by atoms with van der Waals surface area (Å²) in [4.78, 5) is 0. The van der Waals surface area contributed by atoms with Gasteiger partial charge in [-0.3, -0.25) is 13.6 Å². The molecule has 0 aromatic carbocycles. The lowest BCUT2D eigenvalue weighted by Crippen LogP contribution is -2.28. The van der Waals surface area contributed by atoms with Crippen molar-refractivity contribution in [1.29, 1.82) is 0 Å². The molecule has 2 fully saturated rings. The van der Waals surface area contributed by atoms with E-state index in [9.17, 15) is 13.0 Å². The number of phosphoric acid groups is 1. The lowest BCUT2D eigenvalue weighted by atomic mass is 10.3. The van der Waals surface area contributed by atoms with E-state index in [0.29, 0.717) is 12.8 Å². The van der Waals surface area contributed by atoms with Crippen LogP contribution in [0.5, 0.6) is 0 Å². The van der Waals surface area contributed by atoms with Gasteiger partial charge in [0.05, 0.1) is 19.0 Å². The molecule has 88 valence electrons. The summed E-state index contributed by atoms with van der Waals surface area (Å²) in [6.45, 7) is 0.355. The Bertz CT molecular complexity index is 367. The Morgan fingerprint density at radius 2 is 1.93 bits per heavy atom. The summed E-state index contributed by atoms with van der Waals surface area (Å²) in [5.41, 5.74) is 0. The van der Waals surface area contributed by atoms with Crippen LogP contribution in [0.2, 0.25) is 0 Å². The van der Waals surface area contributed by atoms with Gasteiger partial charge in [0.1, 0.15) is 0 Å². The van der Waals surface area contributed by atoms with Gasteiger partial charge in [-0.15, -0.1) is 0 Å². The summed E-state index contributed by atoms with van der Waals surface area (Å²) in [7, 11) is -7.14. The van der Waals surface area contributed by atoms with Crippen LogP contribution in [0.3, 0.4) is 0 Å². The SMILES string of the molecule is O=P1(OC2CCCS(=O)(=O)O2)OCCO1. The van der Waals surface area contributed by atoms with Gasteiger partial charge >= 0.3 is 7.82 Å². The van der Waals surface area contributed by atoms with Crippen LogP contribution in [0, 0.1) is 0 Å². The van der Waals surface area contributed by atoms with E-state index in [-0.39, 0.29) is 19.0 Å². The largest absolute Gasteiger partial charge is 0.477 e. The molecule has 0 radical (unpaired) electrons. The molecule has 2 saturated heterocycles. The molecule has 1 unspecified atom stereocenters. The van der Waals surface area contributed by atoms with Gasteiger partial charge < -0.3 is 0 Å². The molecule has 0 aromatic heterocycles. The van der Waals surface area contributed by atoms with Crippen LogP contribution in [0.4, 0.5) is 0 Å². The molecule has 0 amide bonds. The van der Waals surface area contributed by atoms with Crippen molar-refractivity contribution >= 4 is 17.9 Å². The van der Waals surface area contributed by atoms with E-state index in [4.69, 9.17) is 13.6 Å². The highest BCUT2D eigenvalue weighted by Crippen LogP contribution is 2.54. The average molecular weight is 258 g/mol. The zero-order chi connectivity index (χ0) is 10.9. The van der Waals surface area contributed by atoms with Crippen molar-refractivity contribution in [2.24, 2.45) is 0 Å². The molecule has 0 bridgehead atoms. The fourth-order valence-corrected chi connectivity index (χ4v) is 3.66. The monoisotopic (exact) mass is 258 g/mol. The minimum atomic E-state index is -3.58. The zero-order valence-electron chi connectivity index (χ0n) is 7.83. The third kappa shape index (κ3) is 2.99. The van der Waals surface area contributed by atoms with Gasteiger partial charge in [-0.1, -0.05) is 0 Å². The topological polar surface area (TPSA) is 88.1 Å². The number of hydrogen-bond acceptors (Lipinski definition) is 7. The van der Waals surface area contributed by atoms with Crippen LogP contribution in [-0.2, 0) is 32.4 Å². The molecule has 0 N–H and O–H groups in total. The predicted octanol–water partition coefficient (Wildman–Crippen LogP) is 0.624. The molecule has 0 aliphatic carbocycles. The smallest absolute Gasteiger partial charge is 0.284 e. The van der Waals surface area contributed by atoms with Crippen molar-refractivity contribution < 1.29 is 30.7 Å². The maximum atomic E-state index is 11.6. The number of phosphoric ester groups is 1. The minimum Gasteiger partial charge on any atom is -0.284 e. The molecule has 2 aliphatic rings. The van der Waals surface area contributed by atoms with E-state index < -0.39 is 24.2 Å². The number of rotatable bonds is 2. The summed E-state index contributed by atoms with van der Waals surface area (Å²) in [6.07, 6.45) is -0.296. The van der Waals surface area contributed by atoms with Crippen molar-refractivity contribution in [3.63, 3.8) is 0 Å². The molecule has 15 heavy (non-hydrogen) atoms. The zero-order valence-corrected chi connectivity index (χ0v) is 9.54. The molecule has 2 aliphatic heterocycles. The Morgan fingerprint density at radius 3 is 2.53 bits per heavy atom. The van der Waals surface area contributed by atoms with Gasteiger partial charge in [-0.2, -0.15) is 8.42 Å². The highest BCUT2D eigenvalue weighted by molar-refractivity contribution is 7.86. The first-order valence-electron chi connectivity index (χ1n) is 4.48. The van der Waals surface area contributed by atoms with Gasteiger partial charge in [0.2, 0.25) is 0 Å². The quantitative estimate of drug-likeness (QED) is 0.530. The average Bonchev–Trinajstić information content (AvgIpc) is 2.49. The molecule has 2 heterocycles. The predicted molar refractivity (Wildman–Crippen MR) is 48.5 cm³/mol. The normalized spacial score (nSPS) is 34.0. The molecule has 7 nitrogen and oxygen atoms in total. The summed E-state index contributed by atoms with van der Waals surface area (Å²) in [5, 5.41) is 0. The Balaban J connectivity index is 1.97. The van der Waals surface area contributed by atoms with Crippen molar-refractivity contribution in [2.75, 3.05) is 19.0 Å². The van der Waals surface area contributed by atoms with Gasteiger partial charge in [-0.25, -0.2) is 8.75 Å². The standard InChI is InChI=1S/C6H11O7PS/c7-14(10-3-4-11-14)12-6-2-1-5-15(8,9)13-6/h6H,1-5H2. The first-order chi connectivity index (χ1) is 6.99. The van der Waals surface area contributed by atoms with Crippen LogP contribution in [0.15, 0.2) is 0 Å². The Hall–Kier alpha value is 0.0200. The summed E-state index contributed by atoms with van der Waals surface area (Å²) in [5.74, 6) is -0.0428. The van der Waals surface area contributed by atoms with E-state index in [0.717, 1.165) is 0 Å².